The minimum absolute atomic E-state index is 0.903. The Morgan fingerprint density at radius 3 is 2.83 bits per heavy atom. The van der Waals surface area contributed by atoms with Crippen LogP contribution in [0.3, 0.4) is 0 Å². The van der Waals surface area contributed by atoms with Gasteiger partial charge in [-0.2, -0.15) is 0 Å². The number of hydrogen-bond donors (Lipinski definition) is 1. The van der Waals surface area contributed by atoms with Gasteiger partial charge in [-0.25, -0.2) is 4.98 Å². The Morgan fingerprint density at radius 2 is 2.11 bits per heavy atom. The number of nitrogens with zero attached hydrogens (tertiary/aromatic N) is 2. The van der Waals surface area contributed by atoms with E-state index in [9.17, 15) is 0 Å². The lowest BCUT2D eigenvalue weighted by atomic mass is 10.3. The first kappa shape index (κ1) is 13.3. The van der Waals surface area contributed by atoms with Gasteiger partial charge in [-0.1, -0.05) is 13.8 Å². The summed E-state index contributed by atoms with van der Waals surface area (Å²) in [6, 6.07) is 4.46. The van der Waals surface area contributed by atoms with E-state index in [0.717, 1.165) is 26.1 Å². The fraction of sp³-hybridized carbons (Fsp3) is 0.500. The molecule has 0 radical (unpaired) electrons. The van der Waals surface area contributed by atoms with Crippen molar-refractivity contribution < 1.29 is 0 Å². The summed E-state index contributed by atoms with van der Waals surface area (Å²) in [4.78, 5) is 7.11. The van der Waals surface area contributed by atoms with E-state index in [2.05, 4.69) is 40.8 Å². The highest BCUT2D eigenvalue weighted by molar-refractivity contribution is 7.11. The Morgan fingerprint density at radius 1 is 1.28 bits per heavy atom. The summed E-state index contributed by atoms with van der Waals surface area (Å²) in [5.41, 5.74) is 1.26. The van der Waals surface area contributed by atoms with E-state index in [1.165, 1.54) is 21.9 Å². The van der Waals surface area contributed by atoms with Crippen LogP contribution in [0.2, 0.25) is 0 Å². The molecule has 2 heterocycles. The van der Waals surface area contributed by atoms with Crippen LogP contribution in [-0.2, 0) is 19.5 Å². The predicted octanol–water partition coefficient (Wildman–Crippen LogP) is 3.05. The molecular weight excluding hydrogens is 242 g/mol. The van der Waals surface area contributed by atoms with E-state index in [1.54, 1.807) is 0 Å². The molecule has 0 atom stereocenters. The highest BCUT2D eigenvalue weighted by atomic mass is 32.1. The van der Waals surface area contributed by atoms with Crippen LogP contribution in [0, 0.1) is 0 Å². The highest BCUT2D eigenvalue weighted by Gasteiger charge is 2.04. The van der Waals surface area contributed by atoms with Crippen LogP contribution in [0.5, 0.6) is 0 Å². The Hall–Kier alpha value is -1.13. The lowest BCUT2D eigenvalue weighted by molar-refractivity contribution is 0.632. The van der Waals surface area contributed by atoms with Crippen molar-refractivity contribution in [2.45, 2.75) is 39.8 Å². The van der Waals surface area contributed by atoms with Gasteiger partial charge in [0.2, 0.25) is 0 Å². The standard InChI is InChI=1S/C14H21N3S/c1-3-7-15-8-12-9-16-11-17(12)10-14-6-5-13(4-2)18-14/h5-6,9,11,15H,3-4,7-8,10H2,1-2H3. The van der Waals surface area contributed by atoms with Crippen molar-refractivity contribution in [3.05, 3.63) is 40.1 Å². The first-order chi connectivity index (χ1) is 8.83. The number of thiophene rings is 1. The van der Waals surface area contributed by atoms with Gasteiger partial charge in [0.15, 0.2) is 0 Å². The second-order valence-electron chi connectivity index (χ2n) is 4.41. The SMILES string of the molecule is CCCNCc1cncn1Cc1ccc(CC)s1. The van der Waals surface area contributed by atoms with Gasteiger partial charge in [0.25, 0.3) is 0 Å². The third-order valence-electron chi connectivity index (χ3n) is 2.92. The summed E-state index contributed by atoms with van der Waals surface area (Å²) in [6.07, 6.45) is 6.17. The van der Waals surface area contributed by atoms with Gasteiger partial charge >= 0.3 is 0 Å². The second-order valence-corrected chi connectivity index (χ2v) is 5.66. The number of rotatable bonds is 7. The number of imidazole rings is 1. The van der Waals surface area contributed by atoms with Crippen molar-refractivity contribution in [2.24, 2.45) is 0 Å². The van der Waals surface area contributed by atoms with Crippen molar-refractivity contribution in [2.75, 3.05) is 6.54 Å². The molecule has 0 amide bonds. The molecule has 0 spiro atoms. The minimum Gasteiger partial charge on any atom is -0.328 e. The van der Waals surface area contributed by atoms with Crippen molar-refractivity contribution >= 4 is 11.3 Å². The van der Waals surface area contributed by atoms with E-state index in [4.69, 9.17) is 0 Å². The lowest BCUT2D eigenvalue weighted by Gasteiger charge is -2.07. The maximum absolute atomic E-state index is 4.25. The number of aryl methyl sites for hydroxylation is 1. The van der Waals surface area contributed by atoms with Crippen LogP contribution in [-0.4, -0.2) is 16.1 Å². The van der Waals surface area contributed by atoms with Crippen molar-refractivity contribution in [3.63, 3.8) is 0 Å². The molecule has 0 unspecified atom stereocenters. The van der Waals surface area contributed by atoms with Gasteiger partial charge in [-0.05, 0) is 31.5 Å². The van der Waals surface area contributed by atoms with E-state index in [-0.39, 0.29) is 0 Å². The number of nitrogens with one attached hydrogen (secondary N) is 1. The largest absolute Gasteiger partial charge is 0.328 e. The number of aromatic nitrogens is 2. The molecule has 3 nitrogen and oxygen atoms in total. The minimum atomic E-state index is 0.903. The molecular formula is C14H21N3S. The van der Waals surface area contributed by atoms with Crippen LogP contribution in [0.25, 0.3) is 0 Å². The van der Waals surface area contributed by atoms with Crippen molar-refractivity contribution in [3.8, 4) is 0 Å². The van der Waals surface area contributed by atoms with Gasteiger partial charge in [0, 0.05) is 22.5 Å². The molecule has 4 heteroatoms. The fourth-order valence-electron chi connectivity index (χ4n) is 1.90. The molecule has 2 aromatic heterocycles. The van der Waals surface area contributed by atoms with Crippen LogP contribution >= 0.6 is 11.3 Å². The number of hydrogen-bond acceptors (Lipinski definition) is 3. The third kappa shape index (κ3) is 3.43. The van der Waals surface area contributed by atoms with Gasteiger partial charge in [-0.3, -0.25) is 0 Å². The summed E-state index contributed by atoms with van der Waals surface area (Å²) >= 11 is 1.90. The van der Waals surface area contributed by atoms with Crippen LogP contribution in [0.15, 0.2) is 24.7 Å². The Bertz CT molecular complexity index is 473. The summed E-state index contributed by atoms with van der Waals surface area (Å²) in [5, 5.41) is 3.42. The molecule has 0 aliphatic carbocycles. The average Bonchev–Trinajstić information content (AvgIpc) is 3.00. The normalized spacial score (nSPS) is 11.0. The maximum atomic E-state index is 4.25. The van der Waals surface area contributed by atoms with Gasteiger partial charge in [0.1, 0.15) is 0 Å². The molecule has 0 saturated heterocycles. The molecule has 0 aromatic carbocycles. The van der Waals surface area contributed by atoms with E-state index in [1.807, 2.05) is 23.9 Å². The monoisotopic (exact) mass is 263 g/mol. The van der Waals surface area contributed by atoms with Gasteiger partial charge < -0.3 is 9.88 Å². The Labute approximate surface area is 113 Å². The van der Waals surface area contributed by atoms with Crippen LogP contribution in [0.4, 0.5) is 0 Å². The molecule has 1 N–H and O–H groups in total. The first-order valence-corrected chi connectivity index (χ1v) is 7.42. The quantitative estimate of drug-likeness (QED) is 0.778. The van der Waals surface area contributed by atoms with Crippen LogP contribution in [0.1, 0.15) is 35.7 Å². The van der Waals surface area contributed by atoms with Crippen molar-refractivity contribution in [1.29, 1.82) is 0 Å². The van der Waals surface area contributed by atoms with Gasteiger partial charge in [-0.15, -0.1) is 11.3 Å². The fourth-order valence-corrected chi connectivity index (χ4v) is 2.85. The summed E-state index contributed by atoms with van der Waals surface area (Å²) < 4.78 is 2.23. The second kappa shape index (κ2) is 6.71. The third-order valence-corrected chi connectivity index (χ3v) is 4.14. The predicted molar refractivity (Wildman–Crippen MR) is 77.0 cm³/mol. The van der Waals surface area contributed by atoms with Gasteiger partial charge in [0.05, 0.1) is 18.6 Å². The van der Waals surface area contributed by atoms with Crippen LogP contribution < -0.4 is 5.32 Å². The zero-order chi connectivity index (χ0) is 12.8. The van der Waals surface area contributed by atoms with Crippen molar-refractivity contribution in [1.82, 2.24) is 14.9 Å². The summed E-state index contributed by atoms with van der Waals surface area (Å²) in [5.74, 6) is 0. The van der Waals surface area contributed by atoms with E-state index in [0.29, 0.717) is 0 Å². The molecule has 98 valence electrons. The zero-order valence-corrected chi connectivity index (χ0v) is 12.0. The maximum Gasteiger partial charge on any atom is 0.0952 e. The topological polar surface area (TPSA) is 29.9 Å². The highest BCUT2D eigenvalue weighted by Crippen LogP contribution is 2.18. The molecule has 2 rings (SSSR count). The lowest BCUT2D eigenvalue weighted by Crippen LogP contribution is -2.16. The smallest absolute Gasteiger partial charge is 0.0952 e. The molecule has 0 bridgehead atoms. The molecule has 0 fully saturated rings. The summed E-state index contributed by atoms with van der Waals surface area (Å²) in [6.45, 7) is 7.28. The molecule has 0 aliphatic heterocycles. The van der Waals surface area contributed by atoms with E-state index < -0.39 is 0 Å². The van der Waals surface area contributed by atoms with E-state index >= 15 is 0 Å². The Kier molecular flexibility index (Phi) is 4.96. The molecule has 0 aliphatic rings. The first-order valence-electron chi connectivity index (χ1n) is 6.60. The molecule has 2 aromatic rings. The average molecular weight is 263 g/mol. The Balaban J connectivity index is 1.98. The summed E-state index contributed by atoms with van der Waals surface area (Å²) in [7, 11) is 0. The zero-order valence-electron chi connectivity index (χ0n) is 11.1. The molecule has 18 heavy (non-hydrogen) atoms. The molecule has 0 saturated carbocycles.